The van der Waals surface area contributed by atoms with Crippen LogP contribution in [0.3, 0.4) is 0 Å². The summed E-state index contributed by atoms with van der Waals surface area (Å²) < 4.78 is 20.9. The molecule has 0 saturated carbocycles. The van der Waals surface area contributed by atoms with Crippen LogP contribution in [0.5, 0.6) is 5.75 Å². The van der Waals surface area contributed by atoms with Gasteiger partial charge in [-0.1, -0.05) is 39.8 Å². The van der Waals surface area contributed by atoms with E-state index in [0.29, 0.717) is 13.0 Å². The highest BCUT2D eigenvalue weighted by Crippen LogP contribution is 2.23. The van der Waals surface area contributed by atoms with Crippen molar-refractivity contribution in [2.45, 2.75) is 46.7 Å². The zero-order chi connectivity index (χ0) is 23.5. The second-order valence-electron chi connectivity index (χ2n) is 8.64. The van der Waals surface area contributed by atoms with Gasteiger partial charge in [-0.15, -0.1) is 0 Å². The number of ether oxygens (including phenoxy) is 1. The van der Waals surface area contributed by atoms with Gasteiger partial charge in [0.15, 0.2) is 11.6 Å². The molecule has 2 N–H and O–H groups in total. The maximum Gasteiger partial charge on any atom is 0.329 e. The molecule has 0 aliphatic heterocycles. The van der Waals surface area contributed by atoms with Gasteiger partial charge in [0.05, 0.1) is 17.0 Å². The highest BCUT2D eigenvalue weighted by atomic mass is 19.1. The molecule has 3 aromatic rings. The fourth-order valence-electron chi connectivity index (χ4n) is 3.21. The highest BCUT2D eigenvalue weighted by molar-refractivity contribution is 5.96. The van der Waals surface area contributed by atoms with Crippen LogP contribution in [0.4, 0.5) is 4.39 Å². The number of aromatic nitrogens is 3. The molecular formula is C23H27FN4O4. The van der Waals surface area contributed by atoms with E-state index in [1.165, 1.54) is 29.0 Å². The Morgan fingerprint density at radius 3 is 2.66 bits per heavy atom. The minimum Gasteiger partial charge on any atom is -0.488 e. The summed E-state index contributed by atoms with van der Waals surface area (Å²) in [7, 11) is 0. The summed E-state index contributed by atoms with van der Waals surface area (Å²) in [5.41, 5.74) is -1.14. The lowest BCUT2D eigenvalue weighted by molar-refractivity contribution is 0.0860. The lowest BCUT2D eigenvalue weighted by Crippen LogP contribution is -2.47. The Morgan fingerprint density at radius 1 is 1.28 bits per heavy atom. The van der Waals surface area contributed by atoms with Gasteiger partial charge in [-0.25, -0.2) is 14.2 Å². The first-order valence-corrected chi connectivity index (χ1v) is 10.4. The Hall–Kier alpha value is -3.49. The molecule has 0 aliphatic carbocycles. The molecular weight excluding hydrogens is 415 g/mol. The number of carbonyl (C=O) groups is 1. The van der Waals surface area contributed by atoms with Crippen molar-refractivity contribution in [3.05, 3.63) is 68.7 Å². The van der Waals surface area contributed by atoms with Crippen LogP contribution in [-0.2, 0) is 6.54 Å². The maximum absolute atomic E-state index is 13.9. The molecule has 0 bridgehead atoms. The third kappa shape index (κ3) is 5.04. The van der Waals surface area contributed by atoms with Crippen molar-refractivity contribution in [1.82, 2.24) is 19.9 Å². The van der Waals surface area contributed by atoms with Crippen molar-refractivity contribution < 1.29 is 13.9 Å². The van der Waals surface area contributed by atoms with Crippen LogP contribution < -0.4 is 21.3 Å². The molecule has 0 spiro atoms. The van der Waals surface area contributed by atoms with Crippen molar-refractivity contribution in [2.24, 2.45) is 5.41 Å². The second kappa shape index (κ2) is 9.33. The molecule has 170 valence electrons. The van der Waals surface area contributed by atoms with Crippen LogP contribution in [0.2, 0.25) is 0 Å². The van der Waals surface area contributed by atoms with Crippen LogP contribution in [0, 0.1) is 11.2 Å². The summed E-state index contributed by atoms with van der Waals surface area (Å²) in [5.74, 6) is -0.838. The lowest BCUT2D eigenvalue weighted by Gasteiger charge is -2.31. The SMILES string of the molecule is CCCn1c(=O)[nH]c(=O)c2cc(C(=O)NC(COc3ccccc3F)C(C)(C)C)cnc21. The Labute approximate surface area is 184 Å². The van der Waals surface area contributed by atoms with Crippen molar-refractivity contribution >= 4 is 16.9 Å². The quantitative estimate of drug-likeness (QED) is 0.585. The summed E-state index contributed by atoms with van der Waals surface area (Å²) in [5, 5.41) is 3.04. The Bertz CT molecular complexity index is 1240. The largest absolute Gasteiger partial charge is 0.488 e. The van der Waals surface area contributed by atoms with E-state index in [-0.39, 0.29) is 29.0 Å². The van der Waals surface area contributed by atoms with E-state index in [4.69, 9.17) is 4.74 Å². The van der Waals surface area contributed by atoms with E-state index < -0.39 is 34.4 Å². The molecule has 3 rings (SSSR count). The molecule has 1 unspecified atom stereocenters. The van der Waals surface area contributed by atoms with Gasteiger partial charge in [-0.2, -0.15) is 0 Å². The van der Waals surface area contributed by atoms with Crippen molar-refractivity contribution in [2.75, 3.05) is 6.61 Å². The van der Waals surface area contributed by atoms with Gasteiger partial charge in [0.1, 0.15) is 12.3 Å². The monoisotopic (exact) mass is 442 g/mol. The molecule has 1 aromatic carbocycles. The van der Waals surface area contributed by atoms with Crippen LogP contribution in [0.1, 0.15) is 44.5 Å². The summed E-state index contributed by atoms with van der Waals surface area (Å²) in [4.78, 5) is 43.8. The summed E-state index contributed by atoms with van der Waals surface area (Å²) in [6.45, 7) is 8.12. The van der Waals surface area contributed by atoms with Gasteiger partial charge < -0.3 is 10.1 Å². The first kappa shape index (κ1) is 23.2. The van der Waals surface area contributed by atoms with Gasteiger partial charge in [0.25, 0.3) is 11.5 Å². The topological polar surface area (TPSA) is 106 Å². The molecule has 0 saturated heterocycles. The number of rotatable bonds is 7. The molecule has 0 radical (unpaired) electrons. The zero-order valence-corrected chi connectivity index (χ0v) is 18.6. The summed E-state index contributed by atoms with van der Waals surface area (Å²) >= 11 is 0. The predicted octanol–water partition coefficient (Wildman–Crippen LogP) is 2.86. The number of nitrogens with one attached hydrogen (secondary N) is 2. The van der Waals surface area contributed by atoms with E-state index in [9.17, 15) is 18.8 Å². The number of fused-ring (bicyclic) bond motifs is 1. The van der Waals surface area contributed by atoms with Crippen LogP contribution in [0.25, 0.3) is 11.0 Å². The Balaban J connectivity index is 1.86. The predicted molar refractivity (Wildman–Crippen MR) is 120 cm³/mol. The van der Waals surface area contributed by atoms with E-state index in [2.05, 4.69) is 15.3 Å². The van der Waals surface area contributed by atoms with Crippen molar-refractivity contribution in [3.8, 4) is 5.75 Å². The number of hydrogen-bond acceptors (Lipinski definition) is 5. The molecule has 0 aliphatic rings. The van der Waals surface area contributed by atoms with E-state index >= 15 is 0 Å². The Morgan fingerprint density at radius 2 is 2.00 bits per heavy atom. The number of pyridine rings is 1. The number of aromatic amines is 1. The molecule has 9 heteroatoms. The average molecular weight is 442 g/mol. The smallest absolute Gasteiger partial charge is 0.329 e. The first-order chi connectivity index (χ1) is 15.1. The lowest BCUT2D eigenvalue weighted by atomic mass is 9.87. The molecule has 32 heavy (non-hydrogen) atoms. The average Bonchev–Trinajstić information content (AvgIpc) is 2.73. The van der Waals surface area contributed by atoms with Crippen LogP contribution in [0.15, 0.2) is 46.1 Å². The number of nitrogens with zero attached hydrogens (tertiary/aromatic N) is 2. The van der Waals surface area contributed by atoms with E-state index in [1.807, 2.05) is 27.7 Å². The van der Waals surface area contributed by atoms with Gasteiger partial charge in [0, 0.05) is 12.7 Å². The number of aryl methyl sites for hydroxylation is 1. The van der Waals surface area contributed by atoms with Crippen molar-refractivity contribution in [1.29, 1.82) is 0 Å². The number of H-pyrrole nitrogens is 1. The molecule has 1 atom stereocenters. The van der Waals surface area contributed by atoms with Gasteiger partial charge in [0.2, 0.25) is 0 Å². The summed E-state index contributed by atoms with van der Waals surface area (Å²) in [6, 6.07) is 7.01. The fraction of sp³-hybridized carbons (Fsp3) is 0.391. The van der Waals surface area contributed by atoms with Gasteiger partial charge in [-0.05, 0) is 30.0 Å². The van der Waals surface area contributed by atoms with E-state index in [1.54, 1.807) is 12.1 Å². The van der Waals surface area contributed by atoms with E-state index in [0.717, 1.165) is 0 Å². The zero-order valence-electron chi connectivity index (χ0n) is 18.6. The van der Waals surface area contributed by atoms with Crippen LogP contribution >= 0.6 is 0 Å². The number of para-hydroxylation sites is 1. The molecule has 2 heterocycles. The first-order valence-electron chi connectivity index (χ1n) is 10.4. The minimum atomic E-state index is -0.602. The third-order valence-electron chi connectivity index (χ3n) is 5.13. The fourth-order valence-corrected chi connectivity index (χ4v) is 3.21. The third-order valence-corrected chi connectivity index (χ3v) is 5.13. The molecule has 1 amide bonds. The van der Waals surface area contributed by atoms with Crippen molar-refractivity contribution in [3.63, 3.8) is 0 Å². The number of amides is 1. The number of halogens is 1. The maximum atomic E-state index is 13.9. The summed E-state index contributed by atoms with van der Waals surface area (Å²) in [6.07, 6.45) is 2.01. The second-order valence-corrected chi connectivity index (χ2v) is 8.64. The van der Waals surface area contributed by atoms with Gasteiger partial charge >= 0.3 is 5.69 Å². The standard InChI is InChI=1S/C23H27FN4O4/c1-5-10-28-19-15(21(30)27-22(28)31)11-14(12-25-19)20(29)26-18(23(2,3)4)13-32-17-9-7-6-8-16(17)24/h6-9,11-12,18H,5,10,13H2,1-4H3,(H,26,29)(H,27,30,31). The van der Waals surface area contributed by atoms with Gasteiger partial charge in [-0.3, -0.25) is 19.1 Å². The van der Waals surface area contributed by atoms with Crippen LogP contribution in [-0.4, -0.2) is 33.1 Å². The minimum absolute atomic E-state index is 0.0494. The number of carbonyl (C=O) groups excluding carboxylic acids is 1. The highest BCUT2D eigenvalue weighted by Gasteiger charge is 2.28. The Kier molecular flexibility index (Phi) is 6.76. The number of benzene rings is 1. The molecule has 8 nitrogen and oxygen atoms in total. The molecule has 2 aromatic heterocycles. The number of hydrogen-bond donors (Lipinski definition) is 2. The molecule has 0 fully saturated rings. The normalized spacial score (nSPS) is 12.5.